The second kappa shape index (κ2) is 10.1. The Bertz CT molecular complexity index is 1520. The molecule has 36 heavy (non-hydrogen) atoms. The van der Waals surface area contributed by atoms with Crippen molar-refractivity contribution in [2.45, 2.75) is 11.1 Å². The van der Waals surface area contributed by atoms with E-state index in [1.807, 2.05) is 0 Å². The number of nitrogens with zero attached hydrogens (tertiary/aromatic N) is 3. The number of sulfone groups is 1. The molecule has 0 aliphatic carbocycles. The number of aliphatic carboxylic acids is 1. The number of aromatic nitrogens is 4. The summed E-state index contributed by atoms with van der Waals surface area (Å²) in [6.45, 7) is 0. The molecule has 0 unspecified atom stereocenters. The molecule has 16 heteroatoms. The third-order valence-corrected chi connectivity index (χ3v) is 5.39. The van der Waals surface area contributed by atoms with Gasteiger partial charge in [0, 0.05) is 17.8 Å². The summed E-state index contributed by atoms with van der Waals surface area (Å²) >= 11 is 0. The smallest absolute Gasteiger partial charge is 0.475 e. The van der Waals surface area contributed by atoms with E-state index < -0.39 is 38.5 Å². The maximum absolute atomic E-state index is 14.5. The number of H-pyrrole nitrogens is 1. The van der Waals surface area contributed by atoms with E-state index in [0.717, 1.165) is 6.26 Å². The number of benzene rings is 2. The summed E-state index contributed by atoms with van der Waals surface area (Å²) in [4.78, 5) is 16.7. The summed E-state index contributed by atoms with van der Waals surface area (Å²) in [5.41, 5.74) is 0.554. The molecule has 0 radical (unpaired) electrons. The summed E-state index contributed by atoms with van der Waals surface area (Å²) in [6.07, 6.45) is -2.74. The average molecular weight is 530 g/mol. The molecule has 0 saturated heterocycles. The van der Waals surface area contributed by atoms with E-state index in [-0.39, 0.29) is 11.6 Å². The highest BCUT2D eigenvalue weighted by Gasteiger charge is 2.38. The minimum atomic E-state index is -5.08. The molecule has 0 bridgehead atoms. The van der Waals surface area contributed by atoms with E-state index in [4.69, 9.17) is 9.90 Å². The number of anilines is 4. The maximum Gasteiger partial charge on any atom is 0.490 e. The van der Waals surface area contributed by atoms with Gasteiger partial charge in [-0.1, -0.05) is 6.07 Å². The maximum atomic E-state index is 14.5. The van der Waals surface area contributed by atoms with Crippen LogP contribution in [0.3, 0.4) is 0 Å². The fourth-order valence-electron chi connectivity index (χ4n) is 2.71. The van der Waals surface area contributed by atoms with Gasteiger partial charge >= 0.3 is 12.1 Å². The Morgan fingerprint density at radius 3 is 2.42 bits per heavy atom. The standard InChI is InChI=1S/C18H14F2N6O2S.C2HF3O2/c1-29(27,28)14-4-2-3-13(16(14)20)22-18-21-8-7-15(24-18)23-17-11-9-10(19)5-6-12(11)25-26-17;3-2(4,5)1(6)7/h2-9H,1H3,(H3,21,22,23,24,25,26);(H,6,7). The molecule has 0 fully saturated rings. The van der Waals surface area contributed by atoms with Gasteiger partial charge in [-0.25, -0.2) is 27.0 Å². The van der Waals surface area contributed by atoms with Crippen molar-refractivity contribution in [2.24, 2.45) is 0 Å². The SMILES string of the molecule is CS(=O)(=O)c1cccc(Nc2nccc(Nc3n[nH]c4ccc(F)cc34)n2)c1F.O=C(O)C(F)(F)F. The number of carboxylic acid groups (broad SMARTS) is 1. The van der Waals surface area contributed by atoms with Gasteiger partial charge in [-0.2, -0.15) is 23.3 Å². The van der Waals surface area contributed by atoms with Crippen molar-refractivity contribution >= 4 is 50.0 Å². The van der Waals surface area contributed by atoms with Gasteiger partial charge in [0.15, 0.2) is 21.5 Å². The second-order valence-corrected chi connectivity index (χ2v) is 8.95. The van der Waals surface area contributed by atoms with Crippen LogP contribution in [-0.2, 0) is 14.6 Å². The van der Waals surface area contributed by atoms with Crippen LogP contribution in [0.1, 0.15) is 0 Å². The normalized spacial score (nSPS) is 11.5. The number of halogens is 5. The van der Waals surface area contributed by atoms with Gasteiger partial charge in [0.2, 0.25) is 5.95 Å². The topological polar surface area (TPSA) is 150 Å². The molecule has 190 valence electrons. The van der Waals surface area contributed by atoms with Crippen LogP contribution in [0.4, 0.5) is 45.2 Å². The van der Waals surface area contributed by atoms with Crippen LogP contribution in [0.15, 0.2) is 53.6 Å². The number of hydrogen-bond donors (Lipinski definition) is 4. The van der Waals surface area contributed by atoms with E-state index in [0.29, 0.717) is 22.5 Å². The quantitative estimate of drug-likeness (QED) is 0.279. The van der Waals surface area contributed by atoms with Crippen molar-refractivity contribution in [1.29, 1.82) is 0 Å². The molecular formula is C20H15F5N6O4S. The number of fused-ring (bicyclic) bond motifs is 1. The van der Waals surface area contributed by atoms with Crippen LogP contribution in [0.5, 0.6) is 0 Å². The summed E-state index contributed by atoms with van der Waals surface area (Å²) in [5.74, 6) is -3.38. The minimum Gasteiger partial charge on any atom is -0.475 e. The van der Waals surface area contributed by atoms with Crippen molar-refractivity contribution in [2.75, 3.05) is 16.9 Å². The Morgan fingerprint density at radius 1 is 1.08 bits per heavy atom. The van der Waals surface area contributed by atoms with Crippen molar-refractivity contribution in [3.63, 3.8) is 0 Å². The molecule has 2 aromatic carbocycles. The Morgan fingerprint density at radius 2 is 1.78 bits per heavy atom. The number of alkyl halides is 3. The van der Waals surface area contributed by atoms with E-state index in [9.17, 15) is 30.4 Å². The molecule has 0 saturated carbocycles. The van der Waals surface area contributed by atoms with Gasteiger partial charge in [-0.15, -0.1) is 0 Å². The molecule has 0 aliphatic rings. The first-order valence-electron chi connectivity index (χ1n) is 9.55. The predicted molar refractivity (Wildman–Crippen MR) is 118 cm³/mol. The lowest BCUT2D eigenvalue weighted by molar-refractivity contribution is -0.192. The first-order valence-corrected chi connectivity index (χ1v) is 11.4. The zero-order valence-electron chi connectivity index (χ0n) is 17.9. The molecule has 0 aliphatic heterocycles. The van der Waals surface area contributed by atoms with Crippen LogP contribution >= 0.6 is 0 Å². The summed E-state index contributed by atoms with van der Waals surface area (Å²) < 4.78 is 83.1. The highest BCUT2D eigenvalue weighted by Crippen LogP contribution is 2.26. The first kappa shape index (κ1) is 26.3. The van der Waals surface area contributed by atoms with E-state index in [2.05, 4.69) is 30.8 Å². The second-order valence-electron chi connectivity index (χ2n) is 6.97. The zero-order valence-corrected chi connectivity index (χ0v) is 18.7. The van der Waals surface area contributed by atoms with Crippen LogP contribution in [-0.4, -0.2) is 52.1 Å². The molecule has 2 heterocycles. The molecular weight excluding hydrogens is 515 g/mol. The Balaban J connectivity index is 0.000000454. The molecule has 4 rings (SSSR count). The number of carbonyl (C=O) groups is 1. The molecule has 2 aromatic heterocycles. The number of aromatic amines is 1. The van der Waals surface area contributed by atoms with E-state index >= 15 is 0 Å². The molecule has 10 nitrogen and oxygen atoms in total. The molecule has 4 aromatic rings. The van der Waals surface area contributed by atoms with Crippen molar-refractivity contribution in [3.8, 4) is 0 Å². The average Bonchev–Trinajstić information content (AvgIpc) is 3.16. The number of nitrogens with one attached hydrogen (secondary N) is 3. The summed E-state index contributed by atoms with van der Waals surface area (Å²) in [7, 11) is -3.73. The summed E-state index contributed by atoms with van der Waals surface area (Å²) in [6, 6.07) is 9.72. The first-order chi connectivity index (χ1) is 16.8. The third-order valence-electron chi connectivity index (χ3n) is 4.28. The number of rotatable bonds is 5. The van der Waals surface area contributed by atoms with Gasteiger partial charge in [-0.05, 0) is 36.4 Å². The van der Waals surface area contributed by atoms with Gasteiger partial charge < -0.3 is 15.7 Å². The number of carboxylic acids is 1. The lowest BCUT2D eigenvalue weighted by Crippen LogP contribution is -2.21. The fraction of sp³-hybridized carbons (Fsp3) is 0.100. The van der Waals surface area contributed by atoms with Crippen LogP contribution in [0, 0.1) is 11.6 Å². The fourth-order valence-corrected chi connectivity index (χ4v) is 3.47. The number of hydrogen-bond acceptors (Lipinski definition) is 8. The van der Waals surface area contributed by atoms with Crippen molar-refractivity contribution in [3.05, 3.63) is 60.3 Å². The van der Waals surface area contributed by atoms with Crippen molar-refractivity contribution in [1.82, 2.24) is 20.2 Å². The third kappa shape index (κ3) is 6.41. The largest absolute Gasteiger partial charge is 0.490 e. The van der Waals surface area contributed by atoms with Crippen LogP contribution < -0.4 is 10.6 Å². The Labute approximate surface area is 199 Å². The van der Waals surface area contributed by atoms with Crippen molar-refractivity contribution < 1.29 is 40.3 Å². The van der Waals surface area contributed by atoms with Crippen LogP contribution in [0.2, 0.25) is 0 Å². The summed E-state index contributed by atoms with van der Waals surface area (Å²) in [5, 5.41) is 20.1. The van der Waals surface area contributed by atoms with Gasteiger partial charge in [0.25, 0.3) is 0 Å². The molecule has 4 N–H and O–H groups in total. The highest BCUT2D eigenvalue weighted by molar-refractivity contribution is 7.90. The monoisotopic (exact) mass is 530 g/mol. The van der Waals surface area contributed by atoms with Gasteiger partial charge in [0.1, 0.15) is 16.5 Å². The highest BCUT2D eigenvalue weighted by atomic mass is 32.2. The Hall–Kier alpha value is -4.34. The van der Waals surface area contributed by atoms with Crippen LogP contribution in [0.25, 0.3) is 10.9 Å². The van der Waals surface area contributed by atoms with Gasteiger partial charge in [-0.3, -0.25) is 5.10 Å². The minimum absolute atomic E-state index is 0.0329. The predicted octanol–water partition coefficient (Wildman–Crippen LogP) is 4.16. The molecule has 0 amide bonds. The lowest BCUT2D eigenvalue weighted by Gasteiger charge is -2.10. The van der Waals surface area contributed by atoms with Gasteiger partial charge in [0.05, 0.1) is 11.2 Å². The molecule has 0 spiro atoms. The zero-order chi connectivity index (χ0) is 26.7. The Kier molecular flexibility index (Phi) is 7.37. The van der Waals surface area contributed by atoms with E-state index in [1.54, 1.807) is 12.1 Å². The lowest BCUT2D eigenvalue weighted by atomic mass is 10.2. The molecule has 0 atom stereocenters. The van der Waals surface area contributed by atoms with E-state index in [1.165, 1.54) is 36.5 Å².